The number of fused-ring (bicyclic) bond motifs is 2. The molecule has 1 radical (unpaired) electrons. The molecule has 1 aliphatic heterocycles. The lowest BCUT2D eigenvalue weighted by Gasteiger charge is -2.21. The fourth-order valence-corrected chi connectivity index (χ4v) is 7.80. The molecule has 3 heteroatoms. The molecule has 0 saturated carbocycles. The van der Waals surface area contributed by atoms with Crippen LogP contribution in [0.15, 0.2) is 115 Å². The second kappa shape index (κ2) is 8.78. The maximum atomic E-state index is 10.5. The molecule has 0 saturated heterocycles. The Morgan fingerprint density at radius 3 is 1.40 bits per heavy atom. The van der Waals surface area contributed by atoms with Crippen LogP contribution in [0.2, 0.25) is 0 Å². The van der Waals surface area contributed by atoms with Crippen molar-refractivity contribution in [3.8, 4) is 33.8 Å². The fraction of sp³-hybridized carbons (Fsp3) is 0. The van der Waals surface area contributed by atoms with Gasteiger partial charge in [-0.1, -0.05) is 120 Å². The topological polar surface area (TPSA) is 40.5 Å². The summed E-state index contributed by atoms with van der Waals surface area (Å²) in [6.45, 7) is 0. The standard InChI is InChI=1S/C32H23O2Si/c33-29-12-6-4-10-27(29)24-18-16-22-14-15-23-17-19-25(28-11-5-7-13-30(28)34)21-32(23)35(31(22)20-24)26-8-2-1-3-9-26/h1-21,33-34H. The minimum Gasteiger partial charge on any atom is -0.507 e. The first-order chi connectivity index (χ1) is 17.2. The molecule has 0 unspecified atom stereocenters. The van der Waals surface area contributed by atoms with E-state index in [1.54, 1.807) is 12.1 Å². The van der Waals surface area contributed by atoms with Crippen LogP contribution < -0.4 is 15.6 Å². The van der Waals surface area contributed by atoms with Crippen LogP contribution in [0.25, 0.3) is 34.4 Å². The molecule has 5 aromatic carbocycles. The van der Waals surface area contributed by atoms with Gasteiger partial charge < -0.3 is 10.2 Å². The lowest BCUT2D eigenvalue weighted by molar-refractivity contribution is 0.477. The lowest BCUT2D eigenvalue weighted by atomic mass is 10.0. The van der Waals surface area contributed by atoms with Crippen molar-refractivity contribution in [3.63, 3.8) is 0 Å². The van der Waals surface area contributed by atoms with Crippen molar-refractivity contribution in [2.45, 2.75) is 0 Å². The molecule has 0 amide bonds. The highest BCUT2D eigenvalue weighted by Gasteiger charge is 2.27. The summed E-state index contributed by atoms with van der Waals surface area (Å²) in [5.41, 5.74) is 6.08. The molecule has 2 N–H and O–H groups in total. The number of aromatic hydroxyl groups is 2. The maximum Gasteiger partial charge on any atom is 0.156 e. The van der Waals surface area contributed by atoms with Gasteiger partial charge in [0, 0.05) is 11.1 Å². The summed E-state index contributed by atoms with van der Waals surface area (Å²) in [5, 5.41) is 24.9. The van der Waals surface area contributed by atoms with Crippen LogP contribution in [-0.2, 0) is 0 Å². The minimum atomic E-state index is -1.38. The monoisotopic (exact) mass is 467 g/mol. The maximum absolute atomic E-state index is 10.5. The molecule has 0 aliphatic carbocycles. The average Bonchev–Trinajstić information content (AvgIpc) is 3.05. The number of hydrogen-bond acceptors (Lipinski definition) is 2. The van der Waals surface area contributed by atoms with Gasteiger partial charge in [0.2, 0.25) is 0 Å². The van der Waals surface area contributed by atoms with E-state index in [9.17, 15) is 10.2 Å². The number of benzene rings is 5. The van der Waals surface area contributed by atoms with E-state index in [4.69, 9.17) is 0 Å². The third kappa shape index (κ3) is 3.86. The molecule has 0 spiro atoms. The van der Waals surface area contributed by atoms with Gasteiger partial charge in [0.15, 0.2) is 8.80 Å². The zero-order valence-corrected chi connectivity index (χ0v) is 20.0. The molecular weight excluding hydrogens is 444 g/mol. The number of para-hydroxylation sites is 2. The Morgan fingerprint density at radius 2 is 0.914 bits per heavy atom. The summed E-state index contributed by atoms with van der Waals surface area (Å²) in [5.74, 6) is 0.569. The van der Waals surface area contributed by atoms with Gasteiger partial charge in [-0.3, -0.25) is 0 Å². The van der Waals surface area contributed by atoms with E-state index in [1.807, 2.05) is 36.4 Å². The first kappa shape index (κ1) is 21.2. The molecule has 0 bridgehead atoms. The number of hydrogen-bond donors (Lipinski definition) is 2. The summed E-state index contributed by atoms with van der Waals surface area (Å²) >= 11 is 0. The SMILES string of the molecule is Oc1ccccc1-c1ccc2c(c1)[Si](c1ccccc1)c1cc(-c3ccccc3O)ccc1C=C2. The van der Waals surface area contributed by atoms with Gasteiger partial charge in [0.1, 0.15) is 11.5 Å². The van der Waals surface area contributed by atoms with Crippen molar-refractivity contribution in [3.05, 3.63) is 126 Å². The largest absolute Gasteiger partial charge is 0.507 e. The van der Waals surface area contributed by atoms with Gasteiger partial charge in [-0.25, -0.2) is 0 Å². The first-order valence-electron chi connectivity index (χ1n) is 11.6. The second-order valence-electron chi connectivity index (χ2n) is 8.71. The number of rotatable bonds is 3. The van der Waals surface area contributed by atoms with Crippen LogP contribution in [0.5, 0.6) is 11.5 Å². The van der Waals surface area contributed by atoms with E-state index in [0.29, 0.717) is 0 Å². The summed E-state index contributed by atoms with van der Waals surface area (Å²) < 4.78 is 0. The quantitative estimate of drug-likeness (QED) is 0.341. The summed E-state index contributed by atoms with van der Waals surface area (Å²) in [7, 11) is -1.38. The molecule has 5 aromatic rings. The summed E-state index contributed by atoms with van der Waals surface area (Å²) in [4.78, 5) is 0. The van der Waals surface area contributed by atoms with Crippen LogP contribution in [-0.4, -0.2) is 19.0 Å². The van der Waals surface area contributed by atoms with Crippen LogP contribution in [0.1, 0.15) is 11.1 Å². The molecule has 2 nitrogen and oxygen atoms in total. The van der Waals surface area contributed by atoms with E-state index >= 15 is 0 Å². The summed E-state index contributed by atoms with van der Waals surface area (Å²) in [6.07, 6.45) is 4.39. The Labute approximate surface area is 206 Å². The van der Waals surface area contributed by atoms with Crippen molar-refractivity contribution in [1.29, 1.82) is 0 Å². The van der Waals surface area contributed by atoms with Crippen molar-refractivity contribution >= 4 is 36.5 Å². The smallest absolute Gasteiger partial charge is 0.156 e. The van der Waals surface area contributed by atoms with E-state index in [-0.39, 0.29) is 11.5 Å². The van der Waals surface area contributed by atoms with Gasteiger partial charge in [0.25, 0.3) is 0 Å². The van der Waals surface area contributed by atoms with Crippen LogP contribution in [0, 0.1) is 0 Å². The first-order valence-corrected chi connectivity index (χ1v) is 13.1. The minimum absolute atomic E-state index is 0.285. The van der Waals surface area contributed by atoms with Gasteiger partial charge in [-0.2, -0.15) is 0 Å². The fourth-order valence-electron chi connectivity index (χ4n) is 4.85. The van der Waals surface area contributed by atoms with E-state index in [1.165, 1.54) is 26.7 Å². The lowest BCUT2D eigenvalue weighted by Crippen LogP contribution is -2.53. The molecule has 167 valence electrons. The average molecular weight is 468 g/mol. The van der Waals surface area contributed by atoms with Crippen molar-refractivity contribution in [2.75, 3.05) is 0 Å². The third-order valence-electron chi connectivity index (χ3n) is 6.58. The van der Waals surface area contributed by atoms with Crippen molar-refractivity contribution in [1.82, 2.24) is 0 Å². The predicted octanol–water partition coefficient (Wildman–Crippen LogP) is 5.43. The molecule has 0 atom stereocenters. The molecular formula is C32H23O2Si. The number of phenols is 2. The molecule has 1 heterocycles. The summed E-state index contributed by atoms with van der Waals surface area (Å²) in [6, 6.07) is 38.7. The highest BCUT2D eigenvalue weighted by Crippen LogP contribution is 2.31. The normalized spacial score (nSPS) is 12.6. The highest BCUT2D eigenvalue weighted by molar-refractivity contribution is 6.96. The highest BCUT2D eigenvalue weighted by atomic mass is 28.3. The second-order valence-corrected chi connectivity index (χ2v) is 11.1. The van der Waals surface area contributed by atoms with Crippen LogP contribution >= 0.6 is 0 Å². The molecule has 35 heavy (non-hydrogen) atoms. The molecule has 6 rings (SSSR count). The Bertz CT molecular complexity index is 1470. The van der Waals surface area contributed by atoms with Crippen molar-refractivity contribution < 1.29 is 10.2 Å². The zero-order chi connectivity index (χ0) is 23.8. The van der Waals surface area contributed by atoms with E-state index in [0.717, 1.165) is 22.3 Å². The van der Waals surface area contributed by atoms with Crippen LogP contribution in [0.3, 0.4) is 0 Å². The van der Waals surface area contributed by atoms with E-state index < -0.39 is 8.80 Å². The van der Waals surface area contributed by atoms with Crippen LogP contribution in [0.4, 0.5) is 0 Å². The van der Waals surface area contributed by atoms with Crippen molar-refractivity contribution in [2.24, 2.45) is 0 Å². The molecule has 0 aromatic heterocycles. The zero-order valence-electron chi connectivity index (χ0n) is 19.0. The van der Waals surface area contributed by atoms with Gasteiger partial charge >= 0.3 is 0 Å². The molecule has 1 aliphatic rings. The van der Waals surface area contributed by atoms with Gasteiger partial charge in [-0.05, 0) is 44.8 Å². The molecule has 0 fully saturated rings. The Hall–Kier alpha value is -4.34. The third-order valence-corrected chi connectivity index (χ3v) is 9.43. The van der Waals surface area contributed by atoms with E-state index in [2.05, 4.69) is 78.9 Å². The Balaban J connectivity index is 1.59. The number of phenolic OH excluding ortho intramolecular Hbond substituents is 2. The van der Waals surface area contributed by atoms with Gasteiger partial charge in [-0.15, -0.1) is 0 Å². The Morgan fingerprint density at radius 1 is 0.457 bits per heavy atom. The Kier molecular flexibility index (Phi) is 5.32. The predicted molar refractivity (Wildman–Crippen MR) is 147 cm³/mol. The van der Waals surface area contributed by atoms with Gasteiger partial charge in [0.05, 0.1) is 0 Å².